The fourth-order valence-electron chi connectivity index (χ4n) is 1.74. The van der Waals surface area contributed by atoms with Crippen LogP contribution < -0.4 is 0 Å². The monoisotopic (exact) mass is 211 g/mol. The SMILES string of the molecule is Cc1ncccc1-c1ccc2nonc2c1. The minimum absolute atomic E-state index is 0.765. The van der Waals surface area contributed by atoms with Crippen LogP contribution in [0.5, 0.6) is 0 Å². The summed E-state index contributed by atoms with van der Waals surface area (Å²) in [5.74, 6) is 0. The van der Waals surface area contributed by atoms with Gasteiger partial charge in [-0.25, -0.2) is 4.63 Å². The summed E-state index contributed by atoms with van der Waals surface area (Å²) in [5, 5.41) is 7.60. The predicted molar refractivity (Wildman–Crippen MR) is 59.8 cm³/mol. The van der Waals surface area contributed by atoms with Gasteiger partial charge in [-0.2, -0.15) is 0 Å². The van der Waals surface area contributed by atoms with Crippen LogP contribution >= 0.6 is 0 Å². The number of hydrogen-bond acceptors (Lipinski definition) is 4. The van der Waals surface area contributed by atoms with Crippen molar-refractivity contribution in [2.75, 3.05) is 0 Å². The van der Waals surface area contributed by atoms with Crippen molar-refractivity contribution in [2.24, 2.45) is 0 Å². The summed E-state index contributed by atoms with van der Waals surface area (Å²) >= 11 is 0. The Kier molecular flexibility index (Phi) is 1.93. The molecule has 4 heteroatoms. The molecule has 0 amide bonds. The van der Waals surface area contributed by atoms with E-state index < -0.39 is 0 Å². The number of fused-ring (bicyclic) bond motifs is 1. The maximum absolute atomic E-state index is 4.67. The highest BCUT2D eigenvalue weighted by Gasteiger charge is 2.05. The standard InChI is InChI=1S/C12H9N3O/c1-8-10(3-2-6-13-8)9-4-5-11-12(7-9)15-16-14-11/h2-7H,1H3. The zero-order valence-corrected chi connectivity index (χ0v) is 8.71. The fraction of sp³-hybridized carbons (Fsp3) is 0.0833. The van der Waals surface area contributed by atoms with Crippen molar-refractivity contribution in [2.45, 2.75) is 6.92 Å². The second kappa shape index (κ2) is 3.41. The molecular weight excluding hydrogens is 202 g/mol. The van der Waals surface area contributed by atoms with Crippen LogP contribution in [-0.2, 0) is 0 Å². The fourth-order valence-corrected chi connectivity index (χ4v) is 1.74. The third-order valence-electron chi connectivity index (χ3n) is 2.57. The van der Waals surface area contributed by atoms with Crippen molar-refractivity contribution in [1.82, 2.24) is 15.3 Å². The molecule has 0 aliphatic heterocycles. The Morgan fingerprint density at radius 2 is 1.94 bits per heavy atom. The molecule has 4 nitrogen and oxygen atoms in total. The largest absolute Gasteiger partial charge is 0.261 e. The summed E-state index contributed by atoms with van der Waals surface area (Å²) < 4.78 is 4.67. The van der Waals surface area contributed by atoms with Crippen LogP contribution in [0, 0.1) is 6.92 Å². The molecule has 2 aromatic heterocycles. The minimum Gasteiger partial charge on any atom is -0.261 e. The minimum atomic E-state index is 0.765. The zero-order valence-electron chi connectivity index (χ0n) is 8.71. The van der Waals surface area contributed by atoms with Crippen LogP contribution in [0.2, 0.25) is 0 Å². The molecule has 0 aliphatic rings. The van der Waals surface area contributed by atoms with Gasteiger partial charge in [-0.05, 0) is 41.0 Å². The van der Waals surface area contributed by atoms with Gasteiger partial charge >= 0.3 is 0 Å². The van der Waals surface area contributed by atoms with E-state index in [9.17, 15) is 0 Å². The molecule has 0 spiro atoms. The van der Waals surface area contributed by atoms with Gasteiger partial charge < -0.3 is 0 Å². The lowest BCUT2D eigenvalue weighted by molar-refractivity contribution is 0.315. The molecule has 78 valence electrons. The van der Waals surface area contributed by atoms with Gasteiger partial charge in [0.2, 0.25) is 0 Å². The van der Waals surface area contributed by atoms with E-state index in [1.54, 1.807) is 6.20 Å². The van der Waals surface area contributed by atoms with E-state index in [2.05, 4.69) is 19.9 Å². The quantitative estimate of drug-likeness (QED) is 0.620. The highest BCUT2D eigenvalue weighted by atomic mass is 16.6. The van der Waals surface area contributed by atoms with Crippen molar-refractivity contribution in [3.8, 4) is 11.1 Å². The number of aromatic nitrogens is 3. The third-order valence-corrected chi connectivity index (χ3v) is 2.57. The van der Waals surface area contributed by atoms with Crippen molar-refractivity contribution in [3.05, 3.63) is 42.2 Å². The maximum atomic E-state index is 4.67. The van der Waals surface area contributed by atoms with Crippen LogP contribution in [0.4, 0.5) is 0 Å². The van der Waals surface area contributed by atoms with Gasteiger partial charge in [0, 0.05) is 17.5 Å². The van der Waals surface area contributed by atoms with E-state index in [0.29, 0.717) is 0 Å². The van der Waals surface area contributed by atoms with Gasteiger partial charge in [0.15, 0.2) is 0 Å². The Balaban J connectivity index is 2.22. The Hall–Kier alpha value is -2.23. The molecule has 0 aliphatic carbocycles. The Bertz CT molecular complexity index is 645. The maximum Gasteiger partial charge on any atom is 0.135 e. The summed E-state index contributed by atoms with van der Waals surface area (Å²) in [6.45, 7) is 1.99. The molecule has 0 radical (unpaired) electrons. The first-order valence-corrected chi connectivity index (χ1v) is 4.99. The van der Waals surface area contributed by atoms with E-state index in [-0.39, 0.29) is 0 Å². The van der Waals surface area contributed by atoms with E-state index in [0.717, 1.165) is 27.9 Å². The molecular formula is C12H9N3O. The Morgan fingerprint density at radius 1 is 1.06 bits per heavy atom. The smallest absolute Gasteiger partial charge is 0.135 e. The van der Waals surface area contributed by atoms with Gasteiger partial charge in [-0.1, -0.05) is 12.1 Å². The highest BCUT2D eigenvalue weighted by molar-refractivity contribution is 5.81. The van der Waals surface area contributed by atoms with Crippen molar-refractivity contribution >= 4 is 11.0 Å². The second-order valence-corrected chi connectivity index (χ2v) is 3.60. The van der Waals surface area contributed by atoms with Gasteiger partial charge in [0.05, 0.1) is 0 Å². The van der Waals surface area contributed by atoms with Gasteiger partial charge in [-0.15, -0.1) is 0 Å². The molecule has 0 saturated carbocycles. The molecule has 16 heavy (non-hydrogen) atoms. The van der Waals surface area contributed by atoms with Gasteiger partial charge in [-0.3, -0.25) is 4.98 Å². The summed E-state index contributed by atoms with van der Waals surface area (Å²) in [7, 11) is 0. The summed E-state index contributed by atoms with van der Waals surface area (Å²) in [5.41, 5.74) is 4.71. The first kappa shape index (κ1) is 9.03. The number of nitrogens with zero attached hydrogens (tertiary/aromatic N) is 3. The molecule has 0 fully saturated rings. The van der Waals surface area contributed by atoms with Crippen molar-refractivity contribution < 1.29 is 4.63 Å². The Labute approximate surface area is 91.9 Å². The average molecular weight is 211 g/mol. The lowest BCUT2D eigenvalue weighted by Gasteiger charge is -2.03. The number of benzene rings is 1. The molecule has 0 saturated heterocycles. The normalized spacial score (nSPS) is 10.8. The molecule has 0 N–H and O–H groups in total. The topological polar surface area (TPSA) is 51.8 Å². The van der Waals surface area contributed by atoms with E-state index in [4.69, 9.17) is 0 Å². The Morgan fingerprint density at radius 3 is 2.81 bits per heavy atom. The molecule has 3 rings (SSSR count). The molecule has 3 aromatic rings. The number of rotatable bonds is 1. The van der Waals surface area contributed by atoms with Crippen LogP contribution in [0.25, 0.3) is 22.2 Å². The van der Waals surface area contributed by atoms with Crippen LogP contribution in [-0.4, -0.2) is 15.3 Å². The molecule has 0 unspecified atom stereocenters. The molecule has 2 heterocycles. The highest BCUT2D eigenvalue weighted by Crippen LogP contribution is 2.24. The lowest BCUT2D eigenvalue weighted by atomic mass is 10.0. The zero-order chi connectivity index (χ0) is 11.0. The van der Waals surface area contributed by atoms with Crippen molar-refractivity contribution in [1.29, 1.82) is 0 Å². The predicted octanol–water partition coefficient (Wildman–Crippen LogP) is 2.59. The summed E-state index contributed by atoms with van der Waals surface area (Å²) in [6, 6.07) is 9.81. The van der Waals surface area contributed by atoms with E-state index in [1.165, 1.54) is 0 Å². The first-order chi connectivity index (χ1) is 7.84. The second-order valence-electron chi connectivity index (χ2n) is 3.60. The van der Waals surface area contributed by atoms with E-state index in [1.807, 2.05) is 37.3 Å². The molecule has 1 aromatic carbocycles. The van der Waals surface area contributed by atoms with Crippen LogP contribution in [0.1, 0.15) is 5.69 Å². The number of hydrogen-bond donors (Lipinski definition) is 0. The summed E-state index contributed by atoms with van der Waals surface area (Å²) in [4.78, 5) is 4.26. The number of aryl methyl sites for hydroxylation is 1. The number of pyridine rings is 1. The molecule has 0 bridgehead atoms. The lowest BCUT2D eigenvalue weighted by Crippen LogP contribution is -1.86. The first-order valence-electron chi connectivity index (χ1n) is 4.99. The van der Waals surface area contributed by atoms with Gasteiger partial charge in [0.1, 0.15) is 11.0 Å². The van der Waals surface area contributed by atoms with Crippen molar-refractivity contribution in [3.63, 3.8) is 0 Å². The van der Waals surface area contributed by atoms with E-state index >= 15 is 0 Å². The molecule has 0 atom stereocenters. The van der Waals surface area contributed by atoms with Gasteiger partial charge in [0.25, 0.3) is 0 Å². The average Bonchev–Trinajstić information content (AvgIpc) is 2.76. The van der Waals surface area contributed by atoms with Crippen LogP contribution in [0.15, 0.2) is 41.2 Å². The third kappa shape index (κ3) is 1.35. The van der Waals surface area contributed by atoms with Crippen LogP contribution in [0.3, 0.4) is 0 Å². The summed E-state index contributed by atoms with van der Waals surface area (Å²) in [6.07, 6.45) is 1.79.